The van der Waals surface area contributed by atoms with Crippen LogP contribution >= 0.6 is 0 Å². The maximum absolute atomic E-state index is 5.92. The number of nitrogens with zero attached hydrogens (tertiary/aromatic N) is 1. The van der Waals surface area contributed by atoms with Crippen molar-refractivity contribution in [3.05, 3.63) is 29.3 Å². The molecule has 106 valence electrons. The molecule has 4 heteroatoms. The highest BCUT2D eigenvalue weighted by molar-refractivity contribution is 5.38. The van der Waals surface area contributed by atoms with Gasteiger partial charge in [-0.1, -0.05) is 12.1 Å². The first-order valence-electron chi connectivity index (χ1n) is 6.78. The molecule has 1 saturated heterocycles. The van der Waals surface area contributed by atoms with Gasteiger partial charge in [-0.2, -0.15) is 0 Å². The van der Waals surface area contributed by atoms with Gasteiger partial charge in [-0.3, -0.25) is 4.90 Å². The number of aryl methyl sites for hydroxylation is 1. The normalized spacial score (nSPS) is 24.4. The molecule has 1 N–H and O–H groups in total. The lowest BCUT2D eigenvalue weighted by molar-refractivity contribution is -0.0606. The van der Waals surface area contributed by atoms with Crippen molar-refractivity contribution in [1.82, 2.24) is 10.2 Å². The lowest BCUT2D eigenvalue weighted by Gasteiger charge is -2.39. The zero-order valence-corrected chi connectivity index (χ0v) is 12.3. The summed E-state index contributed by atoms with van der Waals surface area (Å²) in [4.78, 5) is 2.37. The van der Waals surface area contributed by atoms with Crippen molar-refractivity contribution in [3.8, 4) is 5.75 Å². The first-order valence-corrected chi connectivity index (χ1v) is 6.78. The number of morpholine rings is 1. The Labute approximate surface area is 115 Å². The monoisotopic (exact) mass is 264 g/mol. The Morgan fingerprint density at radius 3 is 2.89 bits per heavy atom. The predicted molar refractivity (Wildman–Crippen MR) is 76.8 cm³/mol. The summed E-state index contributed by atoms with van der Waals surface area (Å²) < 4.78 is 11.2. The molecule has 1 aromatic carbocycles. The van der Waals surface area contributed by atoms with Crippen LogP contribution in [0.15, 0.2) is 18.2 Å². The Hall–Kier alpha value is -1.10. The Bertz CT molecular complexity index is 421. The highest BCUT2D eigenvalue weighted by Crippen LogP contribution is 2.31. The molecule has 1 heterocycles. The first kappa shape index (κ1) is 14.3. The fourth-order valence-electron chi connectivity index (χ4n) is 2.79. The third-order valence-electron chi connectivity index (χ3n) is 3.77. The molecule has 1 aliphatic rings. The highest BCUT2D eigenvalue weighted by Gasteiger charge is 2.31. The third-order valence-corrected chi connectivity index (χ3v) is 3.77. The minimum atomic E-state index is 0.191. The third kappa shape index (κ3) is 3.08. The molecule has 19 heavy (non-hydrogen) atoms. The molecule has 0 spiro atoms. The fourth-order valence-corrected chi connectivity index (χ4v) is 2.79. The van der Waals surface area contributed by atoms with Crippen molar-refractivity contribution >= 4 is 0 Å². The minimum absolute atomic E-state index is 0.191. The molecular weight excluding hydrogens is 240 g/mol. The van der Waals surface area contributed by atoms with E-state index in [4.69, 9.17) is 9.47 Å². The summed E-state index contributed by atoms with van der Waals surface area (Å²) in [6.45, 7) is 4.71. The first-order chi connectivity index (χ1) is 9.17. The largest absolute Gasteiger partial charge is 0.496 e. The van der Waals surface area contributed by atoms with Gasteiger partial charge in [-0.05, 0) is 38.2 Å². The minimum Gasteiger partial charge on any atom is -0.496 e. The van der Waals surface area contributed by atoms with Crippen LogP contribution in [0.1, 0.15) is 17.2 Å². The van der Waals surface area contributed by atoms with Crippen LogP contribution in [0, 0.1) is 6.92 Å². The summed E-state index contributed by atoms with van der Waals surface area (Å²) in [5, 5.41) is 3.22. The second-order valence-corrected chi connectivity index (χ2v) is 5.12. The van der Waals surface area contributed by atoms with Crippen molar-refractivity contribution in [2.75, 3.05) is 40.9 Å². The second kappa shape index (κ2) is 6.37. The number of rotatable bonds is 4. The lowest BCUT2D eigenvalue weighted by Crippen LogP contribution is -2.47. The Balaban J connectivity index is 2.27. The lowest BCUT2D eigenvalue weighted by atomic mass is 9.96. The maximum Gasteiger partial charge on any atom is 0.121 e. The van der Waals surface area contributed by atoms with E-state index >= 15 is 0 Å². The van der Waals surface area contributed by atoms with Crippen molar-refractivity contribution in [3.63, 3.8) is 0 Å². The smallest absolute Gasteiger partial charge is 0.121 e. The van der Waals surface area contributed by atoms with Crippen LogP contribution in [0.2, 0.25) is 0 Å². The van der Waals surface area contributed by atoms with Gasteiger partial charge in [0, 0.05) is 13.1 Å². The van der Waals surface area contributed by atoms with E-state index in [1.165, 1.54) is 11.1 Å². The molecule has 0 bridgehead atoms. The highest BCUT2D eigenvalue weighted by atomic mass is 16.5. The van der Waals surface area contributed by atoms with Crippen LogP contribution in [0.3, 0.4) is 0 Å². The quantitative estimate of drug-likeness (QED) is 0.895. The van der Waals surface area contributed by atoms with Crippen molar-refractivity contribution in [2.24, 2.45) is 0 Å². The molecular formula is C15H24N2O2. The van der Waals surface area contributed by atoms with Crippen LogP contribution in [0.5, 0.6) is 5.75 Å². The van der Waals surface area contributed by atoms with Gasteiger partial charge in [-0.15, -0.1) is 0 Å². The number of ether oxygens (including phenoxy) is 2. The van der Waals surface area contributed by atoms with Gasteiger partial charge in [0.15, 0.2) is 0 Å². The van der Waals surface area contributed by atoms with E-state index in [-0.39, 0.29) is 6.10 Å². The van der Waals surface area contributed by atoms with Crippen molar-refractivity contribution in [1.29, 1.82) is 0 Å². The van der Waals surface area contributed by atoms with E-state index in [9.17, 15) is 0 Å². The number of methoxy groups -OCH3 is 1. The molecule has 1 aliphatic heterocycles. The standard InChI is InChI=1S/C15H24N2O2/c1-11-9-12(5-6-13(11)18-4)15-14(10-16-2)19-8-7-17(15)3/h5-6,9,14-16H,7-8,10H2,1-4H3. The molecule has 4 nitrogen and oxygen atoms in total. The number of benzene rings is 1. The number of nitrogens with one attached hydrogen (secondary N) is 1. The van der Waals surface area contributed by atoms with Gasteiger partial charge < -0.3 is 14.8 Å². The molecule has 2 rings (SSSR count). The molecule has 1 fully saturated rings. The van der Waals surface area contributed by atoms with E-state index in [2.05, 4.69) is 36.3 Å². The SMILES string of the molecule is CNCC1OCCN(C)C1c1ccc(OC)c(C)c1. The average Bonchev–Trinajstić information content (AvgIpc) is 2.39. The molecule has 0 aliphatic carbocycles. The van der Waals surface area contributed by atoms with Gasteiger partial charge in [0.05, 0.1) is 25.9 Å². The summed E-state index contributed by atoms with van der Waals surface area (Å²) >= 11 is 0. The van der Waals surface area contributed by atoms with Crippen LogP contribution < -0.4 is 10.1 Å². The fraction of sp³-hybridized carbons (Fsp3) is 0.600. The van der Waals surface area contributed by atoms with Crippen molar-refractivity contribution < 1.29 is 9.47 Å². The van der Waals surface area contributed by atoms with E-state index < -0.39 is 0 Å². The maximum atomic E-state index is 5.92. The number of hydrogen-bond donors (Lipinski definition) is 1. The van der Waals surface area contributed by atoms with Gasteiger partial charge in [-0.25, -0.2) is 0 Å². The van der Waals surface area contributed by atoms with E-state index in [0.717, 1.165) is 25.4 Å². The van der Waals surface area contributed by atoms with Crippen LogP contribution in [0.25, 0.3) is 0 Å². The summed E-state index contributed by atoms with van der Waals surface area (Å²) in [5.74, 6) is 0.938. The summed E-state index contributed by atoms with van der Waals surface area (Å²) in [6.07, 6.45) is 0.191. The van der Waals surface area contributed by atoms with Gasteiger partial charge in [0.25, 0.3) is 0 Å². The molecule has 0 amide bonds. The Morgan fingerprint density at radius 2 is 2.26 bits per heavy atom. The second-order valence-electron chi connectivity index (χ2n) is 5.12. The zero-order chi connectivity index (χ0) is 13.8. The molecule has 1 aromatic rings. The van der Waals surface area contributed by atoms with E-state index in [1.54, 1.807) is 7.11 Å². The van der Waals surface area contributed by atoms with Gasteiger partial charge >= 0.3 is 0 Å². The molecule has 0 saturated carbocycles. The van der Waals surface area contributed by atoms with E-state index in [0.29, 0.717) is 6.04 Å². The van der Waals surface area contributed by atoms with Gasteiger partial charge in [0.2, 0.25) is 0 Å². The summed E-state index contributed by atoms with van der Waals surface area (Å²) in [6, 6.07) is 6.69. The Morgan fingerprint density at radius 1 is 1.47 bits per heavy atom. The number of hydrogen-bond acceptors (Lipinski definition) is 4. The van der Waals surface area contributed by atoms with E-state index in [1.807, 2.05) is 13.1 Å². The molecule has 0 aromatic heterocycles. The Kier molecular flexibility index (Phi) is 4.80. The van der Waals surface area contributed by atoms with Crippen LogP contribution in [-0.4, -0.2) is 51.9 Å². The van der Waals surface area contributed by atoms with Crippen LogP contribution in [0.4, 0.5) is 0 Å². The van der Waals surface area contributed by atoms with Crippen LogP contribution in [-0.2, 0) is 4.74 Å². The predicted octanol–water partition coefficient (Wildman–Crippen LogP) is 1.59. The number of likely N-dealkylation sites (N-methyl/N-ethyl adjacent to an activating group) is 2. The molecule has 2 unspecified atom stereocenters. The topological polar surface area (TPSA) is 33.7 Å². The molecule has 0 radical (unpaired) electrons. The molecule has 2 atom stereocenters. The van der Waals surface area contributed by atoms with Crippen molar-refractivity contribution in [2.45, 2.75) is 19.1 Å². The summed E-state index contributed by atoms with van der Waals surface area (Å²) in [5.41, 5.74) is 2.46. The zero-order valence-electron chi connectivity index (χ0n) is 12.3. The van der Waals surface area contributed by atoms with Gasteiger partial charge in [0.1, 0.15) is 5.75 Å². The average molecular weight is 264 g/mol. The summed E-state index contributed by atoms with van der Waals surface area (Å²) in [7, 11) is 5.84.